The molecule has 0 aliphatic rings. The number of unbranched alkanes of at least 4 members (excludes halogenated alkanes) is 15. The van der Waals surface area contributed by atoms with Gasteiger partial charge in [0.2, 0.25) is 0 Å². The summed E-state index contributed by atoms with van der Waals surface area (Å²) in [6.45, 7) is 6.18. The van der Waals surface area contributed by atoms with Gasteiger partial charge in [-0.1, -0.05) is 110 Å². The van der Waals surface area contributed by atoms with Crippen LogP contribution in [-0.4, -0.2) is 19.8 Å². The van der Waals surface area contributed by atoms with Crippen molar-refractivity contribution in [3.63, 3.8) is 0 Å². The summed E-state index contributed by atoms with van der Waals surface area (Å²) < 4.78 is 26.5. The van der Waals surface area contributed by atoms with Crippen LogP contribution in [0, 0.1) is 0 Å². The predicted molar refractivity (Wildman–Crippen MR) is 122 cm³/mol. The first-order valence-electron chi connectivity index (χ1n) is 12.2. The van der Waals surface area contributed by atoms with Gasteiger partial charge in [-0.25, -0.2) is 9.45 Å². The van der Waals surface area contributed by atoms with Gasteiger partial charge in [-0.05, 0) is 20.3 Å². The molecule has 0 saturated heterocycles. The van der Waals surface area contributed by atoms with E-state index in [9.17, 15) is 4.57 Å². The van der Waals surface area contributed by atoms with Gasteiger partial charge in [-0.15, -0.1) is 4.67 Å². The highest BCUT2D eigenvalue weighted by Gasteiger charge is 2.26. The fraction of sp³-hybridized carbons (Fsp3) is 1.00. The minimum atomic E-state index is -3.55. The van der Waals surface area contributed by atoms with Crippen molar-refractivity contribution >= 4 is 7.82 Å². The van der Waals surface area contributed by atoms with Crippen LogP contribution in [0.3, 0.4) is 0 Å². The number of hydrogen-bond donors (Lipinski definition) is 0. The lowest BCUT2D eigenvalue weighted by molar-refractivity contribution is -0.257. The normalized spacial score (nSPS) is 14.8. The van der Waals surface area contributed by atoms with Gasteiger partial charge in [-0.2, -0.15) is 0 Å². The maximum Gasteiger partial charge on any atom is 0.501 e. The minimum Gasteiger partial charge on any atom is -0.289 e. The van der Waals surface area contributed by atoms with Crippen LogP contribution in [-0.2, 0) is 23.2 Å². The van der Waals surface area contributed by atoms with Crippen LogP contribution in [0.15, 0.2) is 0 Å². The predicted octanol–water partition coefficient (Wildman–Crippen LogP) is 8.77. The van der Waals surface area contributed by atoms with Crippen molar-refractivity contribution in [1.82, 2.24) is 0 Å². The Morgan fingerprint density at radius 1 is 0.690 bits per heavy atom. The van der Waals surface area contributed by atoms with Crippen molar-refractivity contribution in [3.05, 3.63) is 0 Å². The van der Waals surface area contributed by atoms with E-state index in [1.807, 2.05) is 6.92 Å². The molecule has 2 atom stereocenters. The third-order valence-electron chi connectivity index (χ3n) is 5.27. The van der Waals surface area contributed by atoms with E-state index in [4.69, 9.17) is 18.6 Å². The van der Waals surface area contributed by atoms with E-state index in [-0.39, 0.29) is 12.7 Å². The van der Waals surface area contributed by atoms with E-state index < -0.39 is 7.82 Å². The summed E-state index contributed by atoms with van der Waals surface area (Å²) in [5.74, 6) is 0. The zero-order valence-electron chi connectivity index (χ0n) is 19.8. The lowest BCUT2D eigenvalue weighted by atomic mass is 10.0. The van der Waals surface area contributed by atoms with Crippen LogP contribution in [0.4, 0.5) is 0 Å². The monoisotopic (exact) mass is 436 g/mol. The number of phosphoric acid groups is 1. The number of rotatable bonds is 23. The molecule has 0 spiro atoms. The highest BCUT2D eigenvalue weighted by molar-refractivity contribution is 7.48. The molecule has 5 nitrogen and oxygen atoms in total. The molecule has 0 aliphatic carbocycles. The maximum absolute atomic E-state index is 11.9. The third kappa shape index (κ3) is 19.8. The second kappa shape index (κ2) is 21.3. The zero-order chi connectivity index (χ0) is 21.6. The quantitative estimate of drug-likeness (QED) is 0.0693. The molecular weight excluding hydrogens is 387 g/mol. The molecule has 0 aromatic heterocycles. The Kier molecular flexibility index (Phi) is 21.4. The summed E-state index contributed by atoms with van der Waals surface area (Å²) in [7, 11) is -2.26. The van der Waals surface area contributed by atoms with Gasteiger partial charge < -0.3 is 0 Å². The molecule has 176 valence electrons. The molecule has 0 rings (SSSR count). The lowest BCUT2D eigenvalue weighted by Gasteiger charge is -2.16. The molecule has 0 amide bonds. The van der Waals surface area contributed by atoms with E-state index in [1.54, 1.807) is 6.92 Å². The molecule has 0 saturated carbocycles. The first-order chi connectivity index (χ1) is 14.1. The molecular formula is C23H49O5P. The average Bonchev–Trinajstić information content (AvgIpc) is 2.72. The zero-order valence-corrected chi connectivity index (χ0v) is 20.7. The standard InChI is InChI=1S/C23H49O5P/c1-5-7-8-9-10-11-12-13-14-15-16-17-18-19-20-21-22-23(3)27-28-29(24,25-4)26-6-2/h23H,5-22H2,1-4H3. The van der Waals surface area contributed by atoms with E-state index in [1.165, 1.54) is 103 Å². The van der Waals surface area contributed by atoms with Crippen LogP contribution in [0.2, 0.25) is 0 Å². The summed E-state index contributed by atoms with van der Waals surface area (Å²) in [6.07, 6.45) is 22.6. The van der Waals surface area contributed by atoms with Crippen LogP contribution >= 0.6 is 7.82 Å². The molecule has 0 aliphatic heterocycles. The van der Waals surface area contributed by atoms with Gasteiger partial charge >= 0.3 is 7.82 Å². The van der Waals surface area contributed by atoms with Crippen molar-refractivity contribution in [1.29, 1.82) is 0 Å². The Morgan fingerprint density at radius 3 is 1.48 bits per heavy atom. The largest absolute Gasteiger partial charge is 0.501 e. The average molecular weight is 437 g/mol. The Morgan fingerprint density at radius 2 is 1.10 bits per heavy atom. The summed E-state index contributed by atoms with van der Waals surface area (Å²) in [5, 5.41) is 0. The van der Waals surface area contributed by atoms with E-state index in [0.29, 0.717) is 0 Å². The van der Waals surface area contributed by atoms with E-state index in [2.05, 4.69) is 6.92 Å². The topological polar surface area (TPSA) is 54.0 Å². The van der Waals surface area contributed by atoms with Crippen molar-refractivity contribution in [3.8, 4) is 0 Å². The van der Waals surface area contributed by atoms with Gasteiger partial charge in [-0.3, -0.25) is 9.05 Å². The fourth-order valence-corrected chi connectivity index (χ4v) is 4.19. The highest BCUT2D eigenvalue weighted by atomic mass is 31.2. The third-order valence-corrected chi connectivity index (χ3v) is 6.56. The van der Waals surface area contributed by atoms with Crippen LogP contribution in [0.1, 0.15) is 130 Å². The van der Waals surface area contributed by atoms with Gasteiger partial charge in [0.15, 0.2) is 0 Å². The first kappa shape index (κ1) is 29.1. The van der Waals surface area contributed by atoms with Crippen molar-refractivity contribution in [2.45, 2.75) is 136 Å². The molecule has 0 bridgehead atoms. The summed E-state index contributed by atoms with van der Waals surface area (Å²) in [5.41, 5.74) is 0. The second-order valence-electron chi connectivity index (χ2n) is 8.12. The van der Waals surface area contributed by atoms with Gasteiger partial charge in [0.25, 0.3) is 0 Å². The van der Waals surface area contributed by atoms with Crippen LogP contribution in [0.25, 0.3) is 0 Å². The fourth-order valence-electron chi connectivity index (χ4n) is 3.42. The highest BCUT2D eigenvalue weighted by Crippen LogP contribution is 2.48. The van der Waals surface area contributed by atoms with Crippen LogP contribution < -0.4 is 0 Å². The minimum absolute atomic E-state index is 0.120. The van der Waals surface area contributed by atoms with Gasteiger partial charge in [0.1, 0.15) is 0 Å². The Balaban J connectivity index is 3.31. The second-order valence-corrected chi connectivity index (χ2v) is 9.79. The SMILES string of the molecule is CCCCCCCCCCCCCCCCCCC(C)OOP(=O)(OC)OCC. The Hall–Kier alpha value is 0.0700. The molecule has 6 heteroatoms. The van der Waals surface area contributed by atoms with Crippen molar-refractivity contribution < 1.29 is 23.2 Å². The summed E-state index contributed by atoms with van der Waals surface area (Å²) >= 11 is 0. The lowest BCUT2D eigenvalue weighted by Crippen LogP contribution is -2.09. The molecule has 0 radical (unpaired) electrons. The van der Waals surface area contributed by atoms with Crippen LogP contribution in [0.5, 0.6) is 0 Å². The number of hydrogen-bond acceptors (Lipinski definition) is 5. The smallest absolute Gasteiger partial charge is 0.289 e. The Bertz CT molecular complexity index is 378. The number of phosphoric ester groups is 1. The molecule has 0 aromatic rings. The van der Waals surface area contributed by atoms with Gasteiger partial charge in [0, 0.05) is 7.11 Å². The van der Waals surface area contributed by atoms with Crippen molar-refractivity contribution in [2.75, 3.05) is 13.7 Å². The molecule has 0 aromatic carbocycles. The van der Waals surface area contributed by atoms with Gasteiger partial charge in [0.05, 0.1) is 12.7 Å². The van der Waals surface area contributed by atoms with Crippen molar-refractivity contribution in [2.24, 2.45) is 0 Å². The molecule has 29 heavy (non-hydrogen) atoms. The van der Waals surface area contributed by atoms with E-state index in [0.717, 1.165) is 12.8 Å². The molecule has 2 unspecified atom stereocenters. The molecule has 0 N–H and O–H groups in total. The van der Waals surface area contributed by atoms with E-state index >= 15 is 0 Å². The maximum atomic E-state index is 11.9. The Labute approximate surface area is 181 Å². The first-order valence-corrected chi connectivity index (χ1v) is 13.7. The molecule has 0 fully saturated rings. The summed E-state index contributed by atoms with van der Waals surface area (Å²) in [4.78, 5) is 5.16. The molecule has 0 heterocycles. The summed E-state index contributed by atoms with van der Waals surface area (Å²) in [6, 6.07) is 0.